The quantitative estimate of drug-likeness (QED) is 0.844. The summed E-state index contributed by atoms with van der Waals surface area (Å²) in [6.45, 7) is -0.392. The van der Waals surface area contributed by atoms with Crippen molar-refractivity contribution < 1.29 is 13.2 Å². The lowest BCUT2D eigenvalue weighted by Crippen LogP contribution is -2.27. The number of hydrogen-bond donors (Lipinski definition) is 1. The van der Waals surface area contributed by atoms with Crippen molar-refractivity contribution in [3.63, 3.8) is 0 Å². The summed E-state index contributed by atoms with van der Waals surface area (Å²) in [7, 11) is 1.50. The molecule has 4 heteroatoms. The molecule has 0 unspecified atom stereocenters. The summed E-state index contributed by atoms with van der Waals surface area (Å²) in [6.07, 6.45) is 1.13. The third kappa shape index (κ3) is 1.72. The number of fused-ring (bicyclic) bond motifs is 1. The number of likely N-dealkylation sites (N-methyl/N-ethyl adjacent to an activating group) is 1. The van der Waals surface area contributed by atoms with E-state index in [1.807, 2.05) is 0 Å². The van der Waals surface area contributed by atoms with Gasteiger partial charge >= 0.3 is 0 Å². The van der Waals surface area contributed by atoms with Crippen molar-refractivity contribution in [2.24, 2.45) is 0 Å². The molecule has 0 aliphatic rings. The number of alkyl halides is 2. The van der Waals surface area contributed by atoms with Crippen LogP contribution < -0.4 is 5.32 Å². The minimum absolute atomic E-state index is 0.0625. The minimum atomic E-state index is -2.90. The Bertz CT molecular complexity index is 464. The van der Waals surface area contributed by atoms with E-state index in [1.165, 1.54) is 7.05 Å². The maximum absolute atomic E-state index is 13.6. The first-order chi connectivity index (χ1) is 7.15. The summed E-state index contributed by atoms with van der Waals surface area (Å²) in [5.74, 6) is -2.90. The first kappa shape index (κ1) is 10.1. The largest absolute Gasteiger partial charge is 0.464 e. The smallest absolute Gasteiger partial charge is 0.289 e. The van der Waals surface area contributed by atoms with Gasteiger partial charge in [0.25, 0.3) is 5.92 Å². The van der Waals surface area contributed by atoms with Gasteiger partial charge < -0.3 is 9.73 Å². The van der Waals surface area contributed by atoms with E-state index in [9.17, 15) is 8.78 Å². The minimum Gasteiger partial charge on any atom is -0.464 e. The first-order valence-corrected chi connectivity index (χ1v) is 4.64. The van der Waals surface area contributed by atoms with Crippen LogP contribution in [0.2, 0.25) is 0 Å². The molecule has 0 amide bonds. The van der Waals surface area contributed by atoms with Crippen LogP contribution in [0.25, 0.3) is 11.0 Å². The second-order valence-corrected chi connectivity index (χ2v) is 3.38. The Hall–Kier alpha value is -1.42. The predicted octanol–water partition coefficient (Wildman–Crippen LogP) is 2.74. The lowest BCUT2D eigenvalue weighted by molar-refractivity contribution is -0.000457. The summed E-state index contributed by atoms with van der Waals surface area (Å²) < 4.78 is 32.3. The van der Waals surface area contributed by atoms with Crippen LogP contribution in [0, 0.1) is 0 Å². The molecule has 15 heavy (non-hydrogen) atoms. The summed E-state index contributed by atoms with van der Waals surface area (Å²) >= 11 is 0. The lowest BCUT2D eigenvalue weighted by atomic mass is 10.1. The fraction of sp³-hybridized carbons (Fsp3) is 0.273. The van der Waals surface area contributed by atoms with Crippen LogP contribution in [-0.4, -0.2) is 13.6 Å². The third-order valence-corrected chi connectivity index (χ3v) is 2.27. The zero-order valence-electron chi connectivity index (χ0n) is 8.26. The van der Waals surface area contributed by atoms with Crippen molar-refractivity contribution in [1.82, 2.24) is 5.32 Å². The lowest BCUT2D eigenvalue weighted by Gasteiger charge is -2.13. The molecular weight excluding hydrogens is 200 g/mol. The summed E-state index contributed by atoms with van der Waals surface area (Å²) in [6, 6.07) is 6.79. The van der Waals surface area contributed by atoms with Crippen LogP contribution in [0.1, 0.15) is 5.56 Å². The second-order valence-electron chi connectivity index (χ2n) is 3.38. The molecule has 0 fully saturated rings. The average molecular weight is 211 g/mol. The zero-order valence-corrected chi connectivity index (χ0v) is 8.26. The number of nitrogens with one attached hydrogen (secondary N) is 1. The van der Waals surface area contributed by atoms with E-state index in [1.54, 1.807) is 24.3 Å². The van der Waals surface area contributed by atoms with E-state index in [2.05, 4.69) is 5.32 Å². The van der Waals surface area contributed by atoms with Gasteiger partial charge in [0.05, 0.1) is 12.1 Å². The Morgan fingerprint density at radius 1 is 1.33 bits per heavy atom. The highest BCUT2D eigenvalue weighted by Gasteiger charge is 2.34. The van der Waals surface area contributed by atoms with Gasteiger partial charge in [-0.05, 0) is 13.1 Å². The maximum Gasteiger partial charge on any atom is 0.289 e. The first-order valence-electron chi connectivity index (χ1n) is 4.64. The van der Waals surface area contributed by atoms with E-state index in [0.29, 0.717) is 11.0 Å². The Balaban J connectivity index is 2.52. The Morgan fingerprint density at radius 2 is 2.07 bits per heavy atom. The topological polar surface area (TPSA) is 25.2 Å². The van der Waals surface area contributed by atoms with Crippen molar-refractivity contribution in [2.75, 3.05) is 13.6 Å². The average Bonchev–Trinajstić information content (AvgIpc) is 2.61. The van der Waals surface area contributed by atoms with Gasteiger partial charge in [-0.3, -0.25) is 0 Å². The zero-order chi connectivity index (χ0) is 10.9. The summed E-state index contributed by atoms with van der Waals surface area (Å²) in [5, 5.41) is 2.94. The van der Waals surface area contributed by atoms with Crippen molar-refractivity contribution in [1.29, 1.82) is 0 Å². The van der Waals surface area contributed by atoms with Crippen LogP contribution in [0.15, 0.2) is 34.9 Å². The number of halogens is 2. The highest BCUT2D eigenvalue weighted by molar-refractivity contribution is 5.81. The molecule has 0 bridgehead atoms. The normalized spacial score (nSPS) is 12.2. The van der Waals surface area contributed by atoms with Crippen LogP contribution in [-0.2, 0) is 5.92 Å². The third-order valence-electron chi connectivity index (χ3n) is 2.27. The van der Waals surface area contributed by atoms with Crippen LogP contribution in [0.4, 0.5) is 8.78 Å². The molecule has 2 rings (SSSR count). The van der Waals surface area contributed by atoms with E-state index in [-0.39, 0.29) is 5.56 Å². The molecule has 0 aliphatic carbocycles. The molecule has 1 aromatic carbocycles. The molecule has 2 aromatic rings. The Labute approximate surface area is 85.9 Å². The second kappa shape index (κ2) is 3.62. The summed E-state index contributed by atoms with van der Waals surface area (Å²) in [5.41, 5.74) is 0.427. The molecule has 0 atom stereocenters. The molecule has 0 spiro atoms. The standard InChI is InChI=1S/C11H11F2NO/c1-14-7-11(12,13)9-6-15-10-5-3-2-4-8(9)10/h2-6,14H,7H2,1H3. The highest BCUT2D eigenvalue weighted by atomic mass is 19.3. The van der Waals surface area contributed by atoms with Crippen molar-refractivity contribution in [2.45, 2.75) is 5.92 Å². The molecule has 0 saturated heterocycles. The van der Waals surface area contributed by atoms with Gasteiger partial charge in [0.15, 0.2) is 0 Å². The Morgan fingerprint density at radius 3 is 2.80 bits per heavy atom. The van der Waals surface area contributed by atoms with Gasteiger partial charge in [0.2, 0.25) is 0 Å². The number of furan rings is 1. The van der Waals surface area contributed by atoms with E-state index in [4.69, 9.17) is 4.42 Å². The SMILES string of the molecule is CNCC(F)(F)c1coc2ccccc12. The fourth-order valence-corrected chi connectivity index (χ4v) is 1.58. The van der Waals surface area contributed by atoms with Crippen LogP contribution in [0.5, 0.6) is 0 Å². The monoisotopic (exact) mass is 211 g/mol. The van der Waals surface area contributed by atoms with Gasteiger partial charge in [-0.25, -0.2) is 0 Å². The van der Waals surface area contributed by atoms with Gasteiger partial charge in [0, 0.05) is 5.39 Å². The van der Waals surface area contributed by atoms with Gasteiger partial charge in [0.1, 0.15) is 11.8 Å². The van der Waals surface area contributed by atoms with E-state index >= 15 is 0 Å². The van der Waals surface area contributed by atoms with Gasteiger partial charge in [-0.2, -0.15) is 8.78 Å². The number of para-hydroxylation sites is 1. The molecule has 0 saturated carbocycles. The summed E-state index contributed by atoms with van der Waals surface area (Å²) in [4.78, 5) is 0. The fourth-order valence-electron chi connectivity index (χ4n) is 1.58. The molecule has 0 aliphatic heterocycles. The molecule has 0 radical (unpaired) electrons. The molecule has 2 nitrogen and oxygen atoms in total. The van der Waals surface area contributed by atoms with Crippen LogP contribution in [0.3, 0.4) is 0 Å². The molecular formula is C11H11F2NO. The molecule has 1 aromatic heterocycles. The molecule has 1 heterocycles. The highest BCUT2D eigenvalue weighted by Crippen LogP contribution is 2.34. The Kier molecular flexibility index (Phi) is 2.44. The number of hydrogen-bond acceptors (Lipinski definition) is 2. The van der Waals surface area contributed by atoms with E-state index < -0.39 is 12.5 Å². The van der Waals surface area contributed by atoms with Crippen molar-refractivity contribution in [3.8, 4) is 0 Å². The van der Waals surface area contributed by atoms with Crippen LogP contribution >= 0.6 is 0 Å². The number of benzene rings is 1. The number of rotatable bonds is 3. The predicted molar refractivity (Wildman–Crippen MR) is 54.0 cm³/mol. The van der Waals surface area contributed by atoms with Gasteiger partial charge in [-0.1, -0.05) is 18.2 Å². The van der Waals surface area contributed by atoms with E-state index in [0.717, 1.165) is 6.26 Å². The van der Waals surface area contributed by atoms with Crippen molar-refractivity contribution in [3.05, 3.63) is 36.1 Å². The molecule has 80 valence electrons. The maximum atomic E-state index is 13.6. The van der Waals surface area contributed by atoms with Crippen molar-refractivity contribution >= 4 is 11.0 Å². The molecule has 1 N–H and O–H groups in total. The van der Waals surface area contributed by atoms with Gasteiger partial charge in [-0.15, -0.1) is 0 Å².